The Morgan fingerprint density at radius 2 is 1.68 bits per heavy atom. The molecule has 41 heavy (non-hydrogen) atoms. The fourth-order valence-corrected chi connectivity index (χ4v) is 5.84. The minimum Gasteiger partial charge on any atom is -0.388 e. The van der Waals surface area contributed by atoms with Gasteiger partial charge in [0.25, 0.3) is 0 Å². The maximum Gasteiger partial charge on any atom is 0.417 e. The van der Waals surface area contributed by atoms with Gasteiger partial charge in [-0.2, -0.15) is 18.4 Å². The minimum atomic E-state index is -4.49. The van der Waals surface area contributed by atoms with E-state index < -0.39 is 17.3 Å². The van der Waals surface area contributed by atoms with Crippen LogP contribution in [0.2, 0.25) is 0 Å². The summed E-state index contributed by atoms with van der Waals surface area (Å²) in [5.74, 6) is 4.44. The lowest BCUT2D eigenvalue weighted by molar-refractivity contribution is -0.137. The average molecular weight is 582 g/mol. The molecule has 0 radical (unpaired) electrons. The van der Waals surface area contributed by atoms with Crippen molar-refractivity contribution in [3.05, 3.63) is 96.1 Å². The molecule has 1 saturated carbocycles. The predicted octanol–water partition coefficient (Wildman–Crippen LogP) is 8.21. The van der Waals surface area contributed by atoms with Gasteiger partial charge in [-0.05, 0) is 72.8 Å². The van der Waals surface area contributed by atoms with Gasteiger partial charge in [-0.25, -0.2) is 0 Å². The lowest BCUT2D eigenvalue weighted by Gasteiger charge is -2.36. The zero-order valence-electron chi connectivity index (χ0n) is 23.6. The van der Waals surface area contributed by atoms with E-state index in [4.69, 9.17) is 5.26 Å². The molecule has 218 valence electrons. The summed E-state index contributed by atoms with van der Waals surface area (Å²) in [6.07, 6.45) is 3.84. The number of nitrogens with one attached hydrogen (secondary N) is 2. The molecule has 3 aromatic carbocycles. The number of nitrogens with zero attached hydrogens (tertiary/aromatic N) is 1. The Hall–Kier alpha value is -3.38. The highest BCUT2D eigenvalue weighted by molar-refractivity contribution is 8.12. The average Bonchev–Trinajstić information content (AvgIpc) is 3.00. The number of rotatable bonds is 8. The number of alkyl halides is 3. The topological polar surface area (TPSA) is 68.1 Å². The van der Waals surface area contributed by atoms with E-state index in [9.17, 15) is 18.3 Å². The molecule has 4 nitrogen and oxygen atoms in total. The summed E-state index contributed by atoms with van der Waals surface area (Å²) in [4.78, 5) is 1.20. The molecule has 2 atom stereocenters. The van der Waals surface area contributed by atoms with E-state index in [-0.39, 0.29) is 16.2 Å². The Morgan fingerprint density at radius 1 is 1.00 bits per heavy atom. The van der Waals surface area contributed by atoms with Crippen LogP contribution in [0.3, 0.4) is 0 Å². The summed E-state index contributed by atoms with van der Waals surface area (Å²) in [5, 5.41) is 22.3. The van der Waals surface area contributed by atoms with Crippen molar-refractivity contribution in [2.75, 3.05) is 19.4 Å². The van der Waals surface area contributed by atoms with Crippen LogP contribution >= 0.6 is 10.7 Å². The van der Waals surface area contributed by atoms with Crippen molar-refractivity contribution in [2.45, 2.75) is 55.2 Å². The van der Waals surface area contributed by atoms with Gasteiger partial charge in [0.1, 0.15) is 0 Å². The molecular formula is C33H38F3N3OS. The highest BCUT2D eigenvalue weighted by Gasteiger charge is 2.35. The summed E-state index contributed by atoms with van der Waals surface area (Å²) in [6, 6.07) is 22.1. The number of halogens is 3. The van der Waals surface area contributed by atoms with E-state index >= 15 is 0 Å². The Balaban J connectivity index is 0.000000278. The lowest BCUT2D eigenvalue weighted by atomic mass is 9.74. The highest BCUT2D eigenvalue weighted by Crippen LogP contribution is 2.37. The molecule has 8 heteroatoms. The van der Waals surface area contributed by atoms with Crippen molar-refractivity contribution in [1.29, 1.82) is 5.26 Å². The molecule has 0 aromatic heterocycles. The van der Waals surface area contributed by atoms with Crippen LogP contribution in [-0.2, 0) is 12.6 Å². The maximum absolute atomic E-state index is 12.4. The Morgan fingerprint density at radius 3 is 2.24 bits per heavy atom. The number of hydrogen-bond donors (Lipinski definition) is 3. The Labute approximate surface area is 244 Å². The molecule has 0 spiro atoms. The van der Waals surface area contributed by atoms with Crippen LogP contribution in [0.15, 0.2) is 84.3 Å². The van der Waals surface area contributed by atoms with E-state index in [0.717, 1.165) is 30.5 Å². The van der Waals surface area contributed by atoms with Gasteiger partial charge in [0, 0.05) is 24.1 Å². The molecule has 0 amide bonds. The molecule has 1 aliphatic rings. The highest BCUT2D eigenvalue weighted by atomic mass is 32.2. The lowest BCUT2D eigenvalue weighted by Crippen LogP contribution is -2.39. The van der Waals surface area contributed by atoms with Gasteiger partial charge in [-0.15, -0.1) is 6.58 Å². The molecule has 0 saturated heterocycles. The largest absolute Gasteiger partial charge is 0.417 e. The first kappa shape index (κ1) is 32.1. The fourth-order valence-electron chi connectivity index (χ4n) is 5.13. The van der Waals surface area contributed by atoms with E-state index in [0.29, 0.717) is 18.0 Å². The quantitative estimate of drug-likeness (QED) is 0.185. The summed E-state index contributed by atoms with van der Waals surface area (Å²) >= 11 is 0. The normalized spacial score (nSPS) is 15.9. The first-order valence-corrected chi connectivity index (χ1v) is 15.0. The van der Waals surface area contributed by atoms with Crippen LogP contribution in [0.1, 0.15) is 48.8 Å². The number of anilines is 1. The number of aliphatic hydroxyl groups is 1. The van der Waals surface area contributed by atoms with Gasteiger partial charge < -0.3 is 10.4 Å². The molecule has 4 rings (SSSR count). The second kappa shape index (κ2) is 14.5. The third-order valence-corrected chi connectivity index (χ3v) is 8.87. The van der Waals surface area contributed by atoms with Crippen LogP contribution in [-0.4, -0.2) is 30.7 Å². The van der Waals surface area contributed by atoms with Crippen LogP contribution < -0.4 is 10.0 Å². The monoisotopic (exact) mass is 581 g/mol. The van der Waals surface area contributed by atoms with Crippen molar-refractivity contribution in [1.82, 2.24) is 4.72 Å². The fraction of sp³-hybridized carbons (Fsp3) is 0.333. The van der Waals surface area contributed by atoms with Crippen molar-refractivity contribution in [2.24, 2.45) is 5.92 Å². The molecule has 3 N–H and O–H groups in total. The van der Waals surface area contributed by atoms with Gasteiger partial charge in [-0.3, -0.25) is 4.72 Å². The zero-order valence-corrected chi connectivity index (χ0v) is 24.4. The van der Waals surface area contributed by atoms with E-state index in [1.54, 1.807) is 6.08 Å². The summed E-state index contributed by atoms with van der Waals surface area (Å²) in [6.45, 7) is 3.96. The predicted molar refractivity (Wildman–Crippen MR) is 165 cm³/mol. The Kier molecular flexibility index (Phi) is 11.4. The van der Waals surface area contributed by atoms with Crippen molar-refractivity contribution < 1.29 is 18.3 Å². The number of hydrogen-bond acceptors (Lipinski definition) is 4. The summed E-state index contributed by atoms with van der Waals surface area (Å²) in [5.41, 5.74) is 1.78. The number of nitriles is 1. The van der Waals surface area contributed by atoms with Gasteiger partial charge >= 0.3 is 6.18 Å². The second-order valence-corrected chi connectivity index (χ2v) is 11.8. The van der Waals surface area contributed by atoms with Gasteiger partial charge in [0.2, 0.25) is 0 Å². The third kappa shape index (κ3) is 8.56. The third-order valence-electron chi connectivity index (χ3n) is 7.53. The number of benzene rings is 3. The summed E-state index contributed by atoms with van der Waals surface area (Å²) < 4.78 is 40.3. The molecule has 0 bridgehead atoms. The van der Waals surface area contributed by atoms with Crippen molar-refractivity contribution in [3.8, 4) is 17.2 Å². The molecule has 2 unspecified atom stereocenters. The van der Waals surface area contributed by atoms with Crippen molar-refractivity contribution in [3.63, 3.8) is 0 Å². The standard InChI is InChI=1S/C24H31NOS.C9H7F3N2/c1-4-24(26,22-11-6-5-7-12-22)18-19-9-8-10-21(17-19)20-13-15-23(16-14-20)27(3)25-2;1-14-7-3-2-6(5-13)8(4-7)9(10,11)12/h4,8-10,13-17,22,25-26H,1,3,5-7,11-12,18H2,2H3;2-4,14H,1H3. The summed E-state index contributed by atoms with van der Waals surface area (Å²) in [7, 11) is 3.28. The van der Waals surface area contributed by atoms with Crippen LogP contribution in [0.5, 0.6) is 0 Å². The van der Waals surface area contributed by atoms with E-state index in [1.807, 2.05) is 7.05 Å². The van der Waals surface area contributed by atoms with Gasteiger partial charge in [0.05, 0.1) is 22.8 Å². The van der Waals surface area contributed by atoms with Gasteiger partial charge in [-0.1, -0.05) is 78.3 Å². The van der Waals surface area contributed by atoms with Crippen LogP contribution in [0.4, 0.5) is 18.9 Å². The SMILES string of the molecule is C=CC(O)(Cc1cccc(-c2ccc(S(=C)NC)cc2)c1)C1CCCCC1.CNc1ccc(C#N)c(C(F)(F)F)c1. The minimum absolute atomic E-state index is 0.171. The Bertz CT molecular complexity index is 1380. The molecular weight excluding hydrogens is 543 g/mol. The smallest absolute Gasteiger partial charge is 0.388 e. The van der Waals surface area contributed by atoms with E-state index in [2.05, 4.69) is 71.0 Å². The molecule has 1 aliphatic carbocycles. The molecule has 3 aromatic rings. The molecule has 0 heterocycles. The zero-order chi connectivity index (χ0) is 30.0. The van der Waals surface area contributed by atoms with Crippen LogP contribution in [0, 0.1) is 17.2 Å². The van der Waals surface area contributed by atoms with E-state index in [1.165, 1.54) is 54.5 Å². The maximum atomic E-state index is 12.4. The first-order valence-electron chi connectivity index (χ1n) is 13.6. The molecule has 0 aliphatic heterocycles. The first-order chi connectivity index (χ1) is 19.5. The van der Waals surface area contributed by atoms with Gasteiger partial charge in [0.15, 0.2) is 0 Å². The van der Waals surface area contributed by atoms with Crippen LogP contribution in [0.25, 0.3) is 11.1 Å². The second-order valence-electron chi connectivity index (χ2n) is 10.1. The molecule has 1 fully saturated rings. The van der Waals surface area contributed by atoms with Crippen molar-refractivity contribution >= 4 is 22.2 Å².